The average molecular weight is 180 g/mol. The molecule has 0 unspecified atom stereocenters. The van der Waals surface area contributed by atoms with Crippen LogP contribution in [0.25, 0.3) is 0 Å². The van der Waals surface area contributed by atoms with Gasteiger partial charge < -0.3 is 5.32 Å². The van der Waals surface area contributed by atoms with Crippen molar-refractivity contribution in [3.05, 3.63) is 25.3 Å². The molecule has 0 amide bonds. The molecule has 0 aliphatic carbocycles. The molecule has 1 saturated heterocycles. The van der Waals surface area contributed by atoms with Crippen molar-refractivity contribution in [1.82, 2.24) is 10.2 Å². The second kappa shape index (κ2) is 5.95. The minimum Gasteiger partial charge on any atom is -0.317 e. The van der Waals surface area contributed by atoms with Crippen molar-refractivity contribution >= 4 is 0 Å². The van der Waals surface area contributed by atoms with Gasteiger partial charge in [-0.25, -0.2) is 0 Å². The fourth-order valence-corrected chi connectivity index (χ4v) is 1.88. The van der Waals surface area contributed by atoms with Crippen LogP contribution in [-0.4, -0.2) is 37.1 Å². The molecule has 1 rings (SSSR count). The maximum atomic E-state index is 3.79. The van der Waals surface area contributed by atoms with Gasteiger partial charge in [0.25, 0.3) is 0 Å². The first-order chi connectivity index (χ1) is 6.38. The van der Waals surface area contributed by atoms with Gasteiger partial charge in [0, 0.05) is 19.1 Å². The van der Waals surface area contributed by atoms with E-state index >= 15 is 0 Å². The molecule has 1 aliphatic heterocycles. The zero-order valence-electron chi connectivity index (χ0n) is 8.34. The van der Waals surface area contributed by atoms with Crippen LogP contribution in [-0.2, 0) is 0 Å². The summed E-state index contributed by atoms with van der Waals surface area (Å²) >= 11 is 0. The highest BCUT2D eigenvalue weighted by Gasteiger charge is 2.18. The molecule has 0 aromatic carbocycles. The van der Waals surface area contributed by atoms with E-state index in [1.54, 1.807) is 0 Å². The van der Waals surface area contributed by atoms with Crippen LogP contribution < -0.4 is 5.32 Å². The van der Waals surface area contributed by atoms with Crippen molar-refractivity contribution < 1.29 is 0 Å². The van der Waals surface area contributed by atoms with E-state index < -0.39 is 0 Å². The third-order valence-corrected chi connectivity index (χ3v) is 2.55. The Balaban J connectivity index is 2.40. The van der Waals surface area contributed by atoms with Crippen molar-refractivity contribution in [1.29, 1.82) is 0 Å². The summed E-state index contributed by atoms with van der Waals surface area (Å²) in [6.07, 6.45) is 6.46. The molecule has 0 radical (unpaired) electrons. The lowest BCUT2D eigenvalue weighted by molar-refractivity contribution is 0.197. The summed E-state index contributed by atoms with van der Waals surface area (Å²) in [7, 11) is 0. The molecule has 0 atom stereocenters. The number of nitrogens with one attached hydrogen (secondary N) is 1. The molecule has 1 N–H and O–H groups in total. The molecule has 1 fully saturated rings. The van der Waals surface area contributed by atoms with Gasteiger partial charge in [0.1, 0.15) is 0 Å². The molecule has 2 heteroatoms. The van der Waals surface area contributed by atoms with Crippen LogP contribution >= 0.6 is 0 Å². The third-order valence-electron chi connectivity index (χ3n) is 2.55. The highest BCUT2D eigenvalue weighted by molar-refractivity contribution is 4.86. The average Bonchev–Trinajstić information content (AvgIpc) is 2.19. The van der Waals surface area contributed by atoms with Crippen LogP contribution in [0.4, 0.5) is 0 Å². The molecule has 0 spiro atoms. The van der Waals surface area contributed by atoms with Gasteiger partial charge in [-0.1, -0.05) is 12.2 Å². The largest absolute Gasteiger partial charge is 0.317 e. The van der Waals surface area contributed by atoms with Crippen LogP contribution in [0.1, 0.15) is 12.8 Å². The normalized spacial score (nSPS) is 18.8. The Bertz CT molecular complexity index is 149. The Hall–Kier alpha value is -0.600. The molecule has 13 heavy (non-hydrogen) atoms. The predicted octanol–water partition coefficient (Wildman–Crippen LogP) is 1.41. The lowest BCUT2D eigenvalue weighted by Crippen LogP contribution is -2.43. The summed E-state index contributed by atoms with van der Waals surface area (Å²) in [5.74, 6) is 0. The molecule has 2 nitrogen and oxygen atoms in total. The molecule has 0 saturated carbocycles. The summed E-state index contributed by atoms with van der Waals surface area (Å²) in [6.45, 7) is 11.8. The zero-order valence-corrected chi connectivity index (χ0v) is 8.34. The van der Waals surface area contributed by atoms with Crippen LogP contribution in [0.5, 0.6) is 0 Å². The number of hydrogen-bond donors (Lipinski definition) is 1. The molecule has 0 aromatic rings. The molecular formula is C11H20N2. The summed E-state index contributed by atoms with van der Waals surface area (Å²) in [6, 6.07) is 0.720. The first kappa shape index (κ1) is 10.5. The van der Waals surface area contributed by atoms with Crippen LogP contribution in [0, 0.1) is 0 Å². The van der Waals surface area contributed by atoms with Crippen LogP contribution in [0.2, 0.25) is 0 Å². The van der Waals surface area contributed by atoms with Crippen LogP contribution in [0.15, 0.2) is 25.3 Å². The number of nitrogens with zero attached hydrogens (tertiary/aromatic N) is 1. The van der Waals surface area contributed by atoms with Crippen molar-refractivity contribution in [3.8, 4) is 0 Å². The van der Waals surface area contributed by atoms with E-state index in [9.17, 15) is 0 Å². The van der Waals surface area contributed by atoms with E-state index in [-0.39, 0.29) is 0 Å². The summed E-state index contributed by atoms with van der Waals surface area (Å²) < 4.78 is 0. The lowest BCUT2D eigenvalue weighted by atomic mass is 10.0. The van der Waals surface area contributed by atoms with Gasteiger partial charge in [-0.05, 0) is 25.9 Å². The predicted molar refractivity (Wildman–Crippen MR) is 57.9 cm³/mol. The highest BCUT2D eigenvalue weighted by Crippen LogP contribution is 2.11. The third kappa shape index (κ3) is 3.33. The molecular weight excluding hydrogens is 160 g/mol. The van der Waals surface area contributed by atoms with Gasteiger partial charge >= 0.3 is 0 Å². The Morgan fingerprint density at radius 2 is 1.69 bits per heavy atom. The van der Waals surface area contributed by atoms with Gasteiger partial charge in [-0.3, -0.25) is 4.90 Å². The van der Waals surface area contributed by atoms with Gasteiger partial charge in [0.15, 0.2) is 0 Å². The number of hydrogen-bond acceptors (Lipinski definition) is 2. The van der Waals surface area contributed by atoms with E-state index in [1.807, 2.05) is 12.2 Å². The standard InChI is InChI=1S/C11H20N2/c1-3-9-13(10-4-2)11-5-7-12-8-6-11/h3-4,11-12H,1-2,5-10H2. The minimum atomic E-state index is 0.720. The second-order valence-corrected chi connectivity index (χ2v) is 3.51. The molecule has 1 heterocycles. The Kier molecular flexibility index (Phi) is 4.79. The maximum absolute atomic E-state index is 3.79. The fourth-order valence-electron chi connectivity index (χ4n) is 1.88. The minimum absolute atomic E-state index is 0.720. The molecule has 0 aromatic heterocycles. The quantitative estimate of drug-likeness (QED) is 0.644. The Morgan fingerprint density at radius 3 is 2.15 bits per heavy atom. The highest BCUT2D eigenvalue weighted by atomic mass is 15.2. The Morgan fingerprint density at radius 1 is 1.15 bits per heavy atom. The number of rotatable bonds is 5. The summed E-state index contributed by atoms with van der Waals surface area (Å²) in [5, 5.41) is 3.38. The summed E-state index contributed by atoms with van der Waals surface area (Å²) in [4.78, 5) is 2.45. The second-order valence-electron chi connectivity index (χ2n) is 3.51. The SMILES string of the molecule is C=CCN(CC=C)C1CCNCC1. The van der Waals surface area contributed by atoms with Crippen LogP contribution in [0.3, 0.4) is 0 Å². The fraction of sp³-hybridized carbons (Fsp3) is 0.636. The molecule has 0 bridgehead atoms. The molecule has 1 aliphatic rings. The van der Waals surface area contributed by atoms with Gasteiger partial charge in [0.05, 0.1) is 0 Å². The monoisotopic (exact) mass is 180 g/mol. The van der Waals surface area contributed by atoms with Gasteiger partial charge in [0.2, 0.25) is 0 Å². The first-order valence-electron chi connectivity index (χ1n) is 5.05. The van der Waals surface area contributed by atoms with E-state index in [4.69, 9.17) is 0 Å². The smallest absolute Gasteiger partial charge is 0.0166 e. The van der Waals surface area contributed by atoms with Gasteiger partial charge in [-0.15, -0.1) is 13.2 Å². The first-order valence-corrected chi connectivity index (χ1v) is 5.05. The van der Waals surface area contributed by atoms with E-state index in [0.29, 0.717) is 0 Å². The summed E-state index contributed by atoms with van der Waals surface area (Å²) in [5.41, 5.74) is 0. The van der Waals surface area contributed by atoms with Crippen molar-refractivity contribution in [2.45, 2.75) is 18.9 Å². The van der Waals surface area contributed by atoms with E-state index in [1.165, 1.54) is 12.8 Å². The zero-order chi connectivity index (χ0) is 9.52. The number of piperidine rings is 1. The Labute approximate surface area is 81.3 Å². The van der Waals surface area contributed by atoms with E-state index in [2.05, 4.69) is 23.4 Å². The van der Waals surface area contributed by atoms with Crippen molar-refractivity contribution in [2.75, 3.05) is 26.2 Å². The topological polar surface area (TPSA) is 15.3 Å². The maximum Gasteiger partial charge on any atom is 0.0166 e. The van der Waals surface area contributed by atoms with Crippen molar-refractivity contribution in [2.24, 2.45) is 0 Å². The molecule has 74 valence electrons. The van der Waals surface area contributed by atoms with Gasteiger partial charge in [-0.2, -0.15) is 0 Å². The lowest BCUT2D eigenvalue weighted by Gasteiger charge is -2.33. The van der Waals surface area contributed by atoms with E-state index in [0.717, 1.165) is 32.2 Å². The van der Waals surface area contributed by atoms with Crippen molar-refractivity contribution in [3.63, 3.8) is 0 Å².